The lowest BCUT2D eigenvalue weighted by molar-refractivity contribution is -0.146. The van der Waals surface area contributed by atoms with Gasteiger partial charge < -0.3 is 41.7 Å². The summed E-state index contributed by atoms with van der Waals surface area (Å²) >= 11 is 0. The molecule has 0 heterocycles. The molecule has 0 radical (unpaired) electrons. The van der Waals surface area contributed by atoms with Gasteiger partial charge in [-0.3, -0.25) is 48.3 Å². The van der Waals surface area contributed by atoms with Crippen molar-refractivity contribution >= 4 is 47.6 Å². The van der Waals surface area contributed by atoms with Crippen LogP contribution in [0, 0.1) is 0 Å². The van der Waals surface area contributed by atoms with Gasteiger partial charge in [0.25, 0.3) is 0 Å². The quantitative estimate of drug-likeness (QED) is 0.0533. The maximum Gasteiger partial charge on any atom is 0.326 e. The Morgan fingerprint density at radius 1 is 0.585 bits per heavy atom. The van der Waals surface area contributed by atoms with E-state index in [2.05, 4.69) is 5.32 Å². The van der Waals surface area contributed by atoms with Crippen molar-refractivity contribution in [2.24, 2.45) is 5.73 Å². The first kappa shape index (κ1) is 36.6. The number of hydrogen-bond acceptors (Lipinski definition) is 11. The molecule has 0 fully saturated rings. The standard InChI is InChI=1S/C22H35N5O14/c23-15(28)3-1-13(21(38)39)24-16(29)4-2-14(22(40)41)27(7-5-25(9-17(30)31)10-18(32)33)8-6-26(11-19(34)35)12-20(36)37/h13-14H,1-12H2,(H2,23,28)(H,24,29)(H,30,31)(H,32,33)(H,34,35)(H,36,37)(H,38,39)(H,40,41)/t13-,14-/m0/s1. The summed E-state index contributed by atoms with van der Waals surface area (Å²) in [5.41, 5.74) is 4.99. The van der Waals surface area contributed by atoms with Crippen molar-refractivity contribution in [2.45, 2.75) is 37.8 Å². The maximum atomic E-state index is 12.4. The van der Waals surface area contributed by atoms with E-state index in [1.807, 2.05) is 0 Å². The summed E-state index contributed by atoms with van der Waals surface area (Å²) in [7, 11) is 0. The highest BCUT2D eigenvalue weighted by Gasteiger charge is 2.29. The van der Waals surface area contributed by atoms with Gasteiger partial charge in [0.15, 0.2) is 0 Å². The Labute approximate surface area is 233 Å². The van der Waals surface area contributed by atoms with Crippen LogP contribution in [0.2, 0.25) is 0 Å². The van der Waals surface area contributed by atoms with Crippen LogP contribution in [-0.4, -0.2) is 157 Å². The molecule has 0 aliphatic carbocycles. The normalized spacial score (nSPS) is 12.6. The second-order valence-corrected chi connectivity index (χ2v) is 8.89. The minimum Gasteiger partial charge on any atom is -0.480 e. The number of carboxylic acid groups (broad SMARTS) is 6. The van der Waals surface area contributed by atoms with Gasteiger partial charge in [-0.2, -0.15) is 0 Å². The highest BCUT2D eigenvalue weighted by Crippen LogP contribution is 2.10. The molecule has 0 bridgehead atoms. The van der Waals surface area contributed by atoms with Gasteiger partial charge in [0, 0.05) is 39.0 Å². The molecule has 2 atom stereocenters. The van der Waals surface area contributed by atoms with Crippen LogP contribution in [0.3, 0.4) is 0 Å². The molecular weight excluding hydrogens is 558 g/mol. The molecule has 41 heavy (non-hydrogen) atoms. The van der Waals surface area contributed by atoms with Crippen molar-refractivity contribution in [2.75, 3.05) is 52.4 Å². The summed E-state index contributed by atoms with van der Waals surface area (Å²) in [4.78, 5) is 94.5. The first-order chi connectivity index (χ1) is 19.0. The largest absolute Gasteiger partial charge is 0.480 e. The number of carbonyl (C=O) groups excluding carboxylic acids is 2. The molecule has 19 heteroatoms. The van der Waals surface area contributed by atoms with Gasteiger partial charge in [0.2, 0.25) is 11.8 Å². The van der Waals surface area contributed by atoms with Gasteiger partial charge in [0.1, 0.15) is 12.1 Å². The topological polar surface area (TPSA) is 306 Å². The predicted molar refractivity (Wildman–Crippen MR) is 134 cm³/mol. The van der Waals surface area contributed by atoms with Crippen molar-refractivity contribution in [3.63, 3.8) is 0 Å². The number of rotatable bonds is 24. The summed E-state index contributed by atoms with van der Waals surface area (Å²) in [6.45, 7) is -3.91. The highest BCUT2D eigenvalue weighted by atomic mass is 16.4. The Morgan fingerprint density at radius 3 is 1.32 bits per heavy atom. The lowest BCUT2D eigenvalue weighted by atomic mass is 10.1. The van der Waals surface area contributed by atoms with E-state index in [0.717, 1.165) is 9.80 Å². The van der Waals surface area contributed by atoms with Crippen LogP contribution in [0.25, 0.3) is 0 Å². The summed E-state index contributed by atoms with van der Waals surface area (Å²) in [6.07, 6.45) is -1.58. The zero-order valence-electron chi connectivity index (χ0n) is 22.0. The molecular formula is C22H35N5O14. The van der Waals surface area contributed by atoms with Crippen LogP contribution in [-0.2, 0) is 38.4 Å². The molecule has 0 saturated heterocycles. The Morgan fingerprint density at radius 2 is 1.00 bits per heavy atom. The average Bonchev–Trinajstić information content (AvgIpc) is 2.80. The molecule has 0 aromatic carbocycles. The third kappa shape index (κ3) is 17.8. The van der Waals surface area contributed by atoms with Crippen molar-refractivity contribution in [3.8, 4) is 0 Å². The van der Waals surface area contributed by atoms with Crippen molar-refractivity contribution < 1.29 is 69.0 Å². The number of nitrogens with zero attached hydrogens (tertiary/aromatic N) is 3. The molecule has 232 valence electrons. The molecule has 0 aromatic rings. The molecule has 0 saturated carbocycles. The maximum absolute atomic E-state index is 12.4. The van der Waals surface area contributed by atoms with E-state index in [4.69, 9.17) is 26.2 Å². The number of nitrogens with two attached hydrogens (primary N) is 1. The number of carboxylic acids is 6. The van der Waals surface area contributed by atoms with Crippen molar-refractivity contribution in [3.05, 3.63) is 0 Å². The lowest BCUT2D eigenvalue weighted by Crippen LogP contribution is -2.50. The number of primary amides is 1. The van der Waals surface area contributed by atoms with E-state index in [1.54, 1.807) is 0 Å². The highest BCUT2D eigenvalue weighted by molar-refractivity contribution is 5.85. The lowest BCUT2D eigenvalue weighted by Gasteiger charge is -2.32. The predicted octanol–water partition coefficient (Wildman–Crippen LogP) is -3.70. The van der Waals surface area contributed by atoms with E-state index in [0.29, 0.717) is 0 Å². The van der Waals surface area contributed by atoms with Crippen LogP contribution in [0.15, 0.2) is 0 Å². The molecule has 0 spiro atoms. The van der Waals surface area contributed by atoms with Gasteiger partial charge >= 0.3 is 35.8 Å². The number of carbonyl (C=O) groups is 8. The van der Waals surface area contributed by atoms with Gasteiger partial charge in [-0.25, -0.2) is 4.79 Å². The molecule has 0 unspecified atom stereocenters. The van der Waals surface area contributed by atoms with E-state index in [1.165, 1.54) is 4.90 Å². The summed E-state index contributed by atoms with van der Waals surface area (Å²) < 4.78 is 0. The summed E-state index contributed by atoms with van der Waals surface area (Å²) in [5.74, 6) is -10.0. The van der Waals surface area contributed by atoms with E-state index in [9.17, 15) is 48.6 Å². The SMILES string of the molecule is NC(=O)CC[C@H](NC(=O)CC[C@@H](C(=O)O)N(CCN(CC(=O)O)CC(=O)O)CCN(CC(=O)O)CC(=O)O)C(=O)O. The summed E-state index contributed by atoms with van der Waals surface area (Å²) in [6, 6.07) is -2.96. The van der Waals surface area contributed by atoms with Crippen molar-refractivity contribution in [1.29, 1.82) is 0 Å². The molecule has 9 N–H and O–H groups in total. The number of aliphatic carboxylic acids is 6. The Balaban J connectivity index is 5.80. The van der Waals surface area contributed by atoms with Crippen LogP contribution < -0.4 is 11.1 Å². The number of amides is 2. The summed E-state index contributed by atoms with van der Waals surface area (Å²) in [5, 5.41) is 57.5. The van der Waals surface area contributed by atoms with Crippen LogP contribution in [0.5, 0.6) is 0 Å². The fourth-order valence-corrected chi connectivity index (χ4v) is 3.70. The first-order valence-electron chi connectivity index (χ1n) is 12.1. The Hall–Kier alpha value is -4.36. The molecule has 0 rings (SSSR count). The third-order valence-corrected chi connectivity index (χ3v) is 5.53. The second-order valence-electron chi connectivity index (χ2n) is 8.89. The molecule has 0 aromatic heterocycles. The second kappa shape index (κ2) is 18.8. The Kier molecular flexibility index (Phi) is 16.8. The minimum absolute atomic E-state index is 0.274. The van der Waals surface area contributed by atoms with E-state index < -0.39 is 98.7 Å². The first-order valence-corrected chi connectivity index (χ1v) is 12.1. The molecule has 0 aliphatic heterocycles. The van der Waals surface area contributed by atoms with Crippen LogP contribution >= 0.6 is 0 Å². The van der Waals surface area contributed by atoms with Gasteiger partial charge in [-0.15, -0.1) is 0 Å². The van der Waals surface area contributed by atoms with Gasteiger partial charge in [-0.05, 0) is 12.8 Å². The third-order valence-electron chi connectivity index (χ3n) is 5.53. The zero-order chi connectivity index (χ0) is 31.7. The smallest absolute Gasteiger partial charge is 0.326 e. The fourth-order valence-electron chi connectivity index (χ4n) is 3.70. The fraction of sp³-hybridized carbons (Fsp3) is 0.636. The molecule has 2 amide bonds. The molecule has 19 nitrogen and oxygen atoms in total. The van der Waals surface area contributed by atoms with Crippen LogP contribution in [0.4, 0.5) is 0 Å². The number of hydrogen-bond donors (Lipinski definition) is 8. The molecule has 0 aliphatic rings. The Bertz CT molecular complexity index is 902. The van der Waals surface area contributed by atoms with Gasteiger partial charge in [0.05, 0.1) is 26.2 Å². The van der Waals surface area contributed by atoms with Crippen LogP contribution in [0.1, 0.15) is 25.7 Å². The zero-order valence-corrected chi connectivity index (χ0v) is 22.0. The van der Waals surface area contributed by atoms with Crippen molar-refractivity contribution in [1.82, 2.24) is 20.0 Å². The monoisotopic (exact) mass is 593 g/mol. The minimum atomic E-state index is -1.48. The van der Waals surface area contributed by atoms with E-state index in [-0.39, 0.29) is 39.0 Å². The van der Waals surface area contributed by atoms with E-state index >= 15 is 0 Å². The number of nitrogens with one attached hydrogen (secondary N) is 1. The van der Waals surface area contributed by atoms with Gasteiger partial charge in [-0.1, -0.05) is 0 Å². The average molecular weight is 594 g/mol.